The first-order valence-electron chi connectivity index (χ1n) is 9.83. The van der Waals surface area contributed by atoms with Gasteiger partial charge in [0.2, 0.25) is 10.0 Å². The minimum absolute atomic E-state index is 0.00758. The molecule has 1 fully saturated rings. The zero-order valence-electron chi connectivity index (χ0n) is 17.3. The predicted octanol–water partition coefficient (Wildman–Crippen LogP) is 3.20. The van der Waals surface area contributed by atoms with E-state index in [0.29, 0.717) is 35.7 Å². The van der Waals surface area contributed by atoms with Crippen molar-refractivity contribution in [3.63, 3.8) is 0 Å². The summed E-state index contributed by atoms with van der Waals surface area (Å²) >= 11 is 0. The van der Waals surface area contributed by atoms with Crippen molar-refractivity contribution in [2.75, 3.05) is 27.3 Å². The lowest BCUT2D eigenvalue weighted by Gasteiger charge is -2.43. The maximum absolute atomic E-state index is 13.2. The average Bonchev–Trinajstić information content (AvgIpc) is 2.74. The maximum Gasteiger partial charge on any atom is 0.246 e. The summed E-state index contributed by atoms with van der Waals surface area (Å²) in [5, 5.41) is 0. The van der Waals surface area contributed by atoms with Gasteiger partial charge in [-0.05, 0) is 42.8 Å². The molecule has 0 unspecified atom stereocenters. The largest absolute Gasteiger partial charge is 0.497 e. The van der Waals surface area contributed by atoms with Gasteiger partial charge in [-0.25, -0.2) is 8.42 Å². The van der Waals surface area contributed by atoms with Crippen LogP contribution >= 0.6 is 0 Å². The third-order valence-electron chi connectivity index (χ3n) is 5.87. The van der Waals surface area contributed by atoms with Crippen molar-refractivity contribution < 1.29 is 27.4 Å². The molecule has 4 rings (SSSR count). The van der Waals surface area contributed by atoms with E-state index in [4.69, 9.17) is 14.2 Å². The van der Waals surface area contributed by atoms with Crippen molar-refractivity contribution in [1.82, 2.24) is 4.31 Å². The molecule has 1 spiro atoms. The Kier molecular flexibility index (Phi) is 5.23. The van der Waals surface area contributed by atoms with Gasteiger partial charge in [0.25, 0.3) is 0 Å². The van der Waals surface area contributed by atoms with Gasteiger partial charge in [0.15, 0.2) is 5.78 Å². The van der Waals surface area contributed by atoms with Crippen molar-refractivity contribution in [2.24, 2.45) is 0 Å². The molecule has 0 atom stereocenters. The van der Waals surface area contributed by atoms with Crippen molar-refractivity contribution in [2.45, 2.75) is 36.7 Å². The Morgan fingerprint density at radius 2 is 1.77 bits per heavy atom. The molecule has 7 nitrogen and oxygen atoms in total. The number of benzene rings is 2. The highest BCUT2D eigenvalue weighted by Crippen LogP contribution is 2.41. The molecule has 0 bridgehead atoms. The van der Waals surface area contributed by atoms with Crippen molar-refractivity contribution in [3.05, 3.63) is 47.5 Å². The summed E-state index contributed by atoms with van der Waals surface area (Å²) in [5.74, 6) is 1.46. The number of sulfonamides is 1. The van der Waals surface area contributed by atoms with E-state index in [2.05, 4.69) is 0 Å². The quantitative estimate of drug-likeness (QED) is 0.739. The Morgan fingerprint density at radius 1 is 1.03 bits per heavy atom. The van der Waals surface area contributed by atoms with Crippen LogP contribution in [0.15, 0.2) is 41.3 Å². The van der Waals surface area contributed by atoms with Gasteiger partial charge in [0.05, 0.1) is 26.2 Å². The van der Waals surface area contributed by atoms with Crippen LogP contribution in [0.4, 0.5) is 0 Å². The third kappa shape index (κ3) is 3.54. The fraction of sp³-hybridized carbons (Fsp3) is 0.409. The number of piperidine rings is 1. The van der Waals surface area contributed by atoms with Gasteiger partial charge < -0.3 is 14.2 Å². The molecule has 0 aromatic heterocycles. The maximum atomic E-state index is 13.2. The van der Waals surface area contributed by atoms with E-state index in [0.717, 1.165) is 5.56 Å². The number of fused-ring (bicyclic) bond motifs is 1. The van der Waals surface area contributed by atoms with Gasteiger partial charge in [-0.1, -0.05) is 6.07 Å². The van der Waals surface area contributed by atoms with Crippen molar-refractivity contribution in [3.8, 4) is 17.2 Å². The van der Waals surface area contributed by atoms with E-state index in [-0.39, 0.29) is 30.2 Å². The number of aryl methyl sites for hydroxylation is 1. The summed E-state index contributed by atoms with van der Waals surface area (Å²) in [6.45, 7) is 2.40. The second kappa shape index (κ2) is 7.59. The summed E-state index contributed by atoms with van der Waals surface area (Å²) in [6, 6.07) is 10.3. The van der Waals surface area contributed by atoms with Crippen molar-refractivity contribution >= 4 is 15.8 Å². The van der Waals surface area contributed by atoms with E-state index in [1.54, 1.807) is 37.4 Å². The lowest BCUT2D eigenvalue weighted by Crippen LogP contribution is -2.52. The van der Waals surface area contributed by atoms with Crippen LogP contribution in [-0.2, 0) is 10.0 Å². The molecule has 0 radical (unpaired) electrons. The van der Waals surface area contributed by atoms with E-state index in [1.807, 2.05) is 13.0 Å². The van der Waals surface area contributed by atoms with Crippen LogP contribution in [0.25, 0.3) is 0 Å². The molecule has 160 valence electrons. The van der Waals surface area contributed by atoms with Crippen LogP contribution in [0.1, 0.15) is 35.2 Å². The molecular weight excluding hydrogens is 406 g/mol. The molecule has 2 aliphatic rings. The van der Waals surface area contributed by atoms with Crippen LogP contribution in [0.3, 0.4) is 0 Å². The molecule has 8 heteroatoms. The number of carbonyl (C=O) groups is 1. The van der Waals surface area contributed by atoms with Gasteiger partial charge in [-0.15, -0.1) is 0 Å². The van der Waals surface area contributed by atoms with Gasteiger partial charge >= 0.3 is 0 Å². The first-order valence-corrected chi connectivity index (χ1v) is 11.3. The Morgan fingerprint density at radius 3 is 2.43 bits per heavy atom. The van der Waals surface area contributed by atoms with Crippen LogP contribution in [0.5, 0.6) is 17.2 Å². The molecular formula is C22H25NO6S. The highest BCUT2D eigenvalue weighted by atomic mass is 32.2. The molecule has 0 aliphatic carbocycles. The lowest BCUT2D eigenvalue weighted by atomic mass is 9.83. The Hall–Kier alpha value is -2.58. The minimum Gasteiger partial charge on any atom is -0.497 e. The second-order valence-electron chi connectivity index (χ2n) is 7.81. The Bertz CT molecular complexity index is 1090. The number of ketones is 1. The zero-order valence-corrected chi connectivity index (χ0v) is 18.1. The Labute approximate surface area is 176 Å². The number of hydrogen-bond donors (Lipinski definition) is 0. The van der Waals surface area contributed by atoms with Crippen LogP contribution < -0.4 is 14.2 Å². The topological polar surface area (TPSA) is 82.1 Å². The predicted molar refractivity (Wildman–Crippen MR) is 111 cm³/mol. The third-order valence-corrected chi connectivity index (χ3v) is 7.79. The molecule has 30 heavy (non-hydrogen) atoms. The molecule has 2 aromatic carbocycles. The summed E-state index contributed by atoms with van der Waals surface area (Å²) in [5.41, 5.74) is 0.678. The molecule has 0 N–H and O–H groups in total. The van der Waals surface area contributed by atoms with Gasteiger partial charge in [0.1, 0.15) is 27.7 Å². The average molecular weight is 432 g/mol. The number of methoxy groups -OCH3 is 2. The summed E-state index contributed by atoms with van der Waals surface area (Å²) < 4.78 is 44.7. The van der Waals surface area contributed by atoms with Crippen LogP contribution in [-0.4, -0.2) is 51.4 Å². The summed E-state index contributed by atoms with van der Waals surface area (Å²) in [4.78, 5) is 12.9. The minimum atomic E-state index is -3.71. The number of hydrogen-bond acceptors (Lipinski definition) is 6. The fourth-order valence-corrected chi connectivity index (χ4v) is 5.82. The molecule has 1 saturated heterocycles. The number of ether oxygens (including phenoxy) is 3. The van der Waals surface area contributed by atoms with E-state index >= 15 is 0 Å². The summed E-state index contributed by atoms with van der Waals surface area (Å²) in [7, 11) is -0.701. The zero-order chi connectivity index (χ0) is 21.5. The fourth-order valence-electron chi connectivity index (χ4n) is 4.14. The number of nitrogens with zero attached hydrogens (tertiary/aromatic N) is 1. The van der Waals surface area contributed by atoms with E-state index < -0.39 is 15.6 Å². The molecule has 0 amide bonds. The first-order chi connectivity index (χ1) is 14.3. The standard InChI is InChI=1S/C22H25NO6S/c1-15-4-6-20(28-3)21(12-15)30(25,26)23-10-8-22(9-11-23)14-18(24)17-13-16(27-2)5-7-19(17)29-22/h4-7,12-13H,8-11,14H2,1-3H3. The molecule has 2 aromatic rings. The molecule has 0 saturated carbocycles. The normalized spacial score (nSPS) is 18.6. The highest BCUT2D eigenvalue weighted by molar-refractivity contribution is 7.89. The smallest absolute Gasteiger partial charge is 0.246 e. The monoisotopic (exact) mass is 431 g/mol. The summed E-state index contributed by atoms with van der Waals surface area (Å²) in [6.07, 6.45) is 1.12. The molecule has 2 aliphatic heterocycles. The van der Waals surface area contributed by atoms with E-state index in [9.17, 15) is 13.2 Å². The first kappa shape index (κ1) is 20.7. The lowest BCUT2D eigenvalue weighted by molar-refractivity contribution is 0.00582. The Balaban J connectivity index is 1.55. The van der Waals surface area contributed by atoms with Crippen LogP contribution in [0, 0.1) is 6.92 Å². The molecule has 2 heterocycles. The number of rotatable bonds is 4. The number of Topliss-reactive ketones (excluding diaryl/α,β-unsaturated/α-hetero) is 1. The SMILES string of the molecule is COc1ccc2c(c1)C(=O)CC1(CCN(S(=O)(=O)c3cc(C)ccc3OC)CC1)O2. The van der Waals surface area contributed by atoms with Gasteiger partial charge in [-0.3, -0.25) is 4.79 Å². The van der Waals surface area contributed by atoms with Crippen molar-refractivity contribution in [1.29, 1.82) is 0 Å². The number of carbonyl (C=O) groups excluding carboxylic acids is 1. The highest BCUT2D eigenvalue weighted by Gasteiger charge is 2.45. The second-order valence-corrected chi connectivity index (χ2v) is 9.71. The van der Waals surface area contributed by atoms with Gasteiger partial charge in [0, 0.05) is 25.9 Å². The van der Waals surface area contributed by atoms with E-state index in [1.165, 1.54) is 11.4 Å². The van der Waals surface area contributed by atoms with Gasteiger partial charge in [-0.2, -0.15) is 4.31 Å². The van der Waals surface area contributed by atoms with Crippen LogP contribution in [0.2, 0.25) is 0 Å².